The van der Waals surface area contributed by atoms with E-state index in [-0.39, 0.29) is 58.8 Å². The van der Waals surface area contributed by atoms with Gasteiger partial charge in [-0.1, -0.05) is 132 Å². The predicted molar refractivity (Wildman–Crippen MR) is 235 cm³/mol. The number of fused-ring (bicyclic) bond motifs is 8. The molecule has 322 valence electrons. The zero-order valence-electron chi connectivity index (χ0n) is 37.0. The maximum absolute atomic E-state index is 12.9. The average molecular weight is 851 g/mol. The summed E-state index contributed by atoms with van der Waals surface area (Å²) in [6.45, 7) is 25.1. The summed E-state index contributed by atoms with van der Waals surface area (Å²) in [4.78, 5) is 30.6. The molecule has 5 rings (SSSR count). The van der Waals surface area contributed by atoms with Crippen LogP contribution in [-0.2, 0) is 61.0 Å². The van der Waals surface area contributed by atoms with Crippen LogP contribution in [0, 0.1) is 0 Å². The molecule has 1 unspecified atom stereocenters. The summed E-state index contributed by atoms with van der Waals surface area (Å²) in [5.74, 6) is 0.753. The summed E-state index contributed by atoms with van der Waals surface area (Å²) < 4.78 is 42.6. The molecule has 1 aliphatic carbocycles. The highest BCUT2D eigenvalue weighted by molar-refractivity contribution is 7.52. The Morgan fingerprint density at radius 3 is 0.915 bits per heavy atom. The SMILES string of the molecule is COP(=O)(O)COc1c2cc(C(C)(C)C)cc1Cc1cc(C(C)(C)C)cc(c1O)Cc1cc(C(C)(C)C)cc(c1OCP(=O)(O)O)Cc1cc(C(C)(C)C)cc(c1O)C2. The van der Waals surface area contributed by atoms with Crippen LogP contribution in [0.15, 0.2) is 48.5 Å². The second-order valence-corrected chi connectivity index (χ2v) is 23.8. The Morgan fingerprint density at radius 2 is 0.695 bits per heavy atom. The van der Waals surface area contributed by atoms with Crippen molar-refractivity contribution in [3.63, 3.8) is 0 Å². The zero-order valence-corrected chi connectivity index (χ0v) is 38.8. The third-order valence-electron chi connectivity index (χ3n) is 11.0. The Balaban J connectivity index is 1.97. The minimum atomic E-state index is -4.62. The molecular weight excluding hydrogens is 786 g/mol. The molecular formula is C47H64O10P2. The summed E-state index contributed by atoms with van der Waals surface area (Å²) in [5.41, 5.74) is 7.46. The van der Waals surface area contributed by atoms with Gasteiger partial charge in [0.2, 0.25) is 0 Å². The number of hydrogen-bond acceptors (Lipinski definition) is 7. The van der Waals surface area contributed by atoms with Crippen LogP contribution in [0.5, 0.6) is 23.0 Å². The van der Waals surface area contributed by atoms with E-state index in [0.29, 0.717) is 56.0 Å². The first kappa shape index (κ1) is 46.4. The lowest BCUT2D eigenvalue weighted by molar-refractivity contribution is 0.267. The van der Waals surface area contributed by atoms with E-state index in [4.69, 9.17) is 14.0 Å². The van der Waals surface area contributed by atoms with Gasteiger partial charge in [0.15, 0.2) is 12.7 Å². The molecule has 5 N–H and O–H groups in total. The normalized spacial score (nSPS) is 15.1. The lowest BCUT2D eigenvalue weighted by atomic mass is 9.79. The van der Waals surface area contributed by atoms with Gasteiger partial charge in [0.05, 0.1) is 0 Å². The maximum atomic E-state index is 12.9. The van der Waals surface area contributed by atoms with Gasteiger partial charge in [0.1, 0.15) is 23.0 Å². The number of benzene rings is 4. The molecule has 4 aromatic carbocycles. The van der Waals surface area contributed by atoms with Crippen molar-refractivity contribution < 1.29 is 48.0 Å². The number of rotatable bonds is 7. The summed E-state index contributed by atoms with van der Waals surface area (Å²) in [6.07, 6.45) is -0.768. The molecule has 0 fully saturated rings. The highest BCUT2D eigenvalue weighted by Crippen LogP contribution is 2.46. The van der Waals surface area contributed by atoms with Crippen LogP contribution in [0.3, 0.4) is 0 Å². The largest absolute Gasteiger partial charge is 0.507 e. The number of ether oxygens (including phenoxy) is 2. The number of phenols is 2. The van der Waals surface area contributed by atoms with Crippen molar-refractivity contribution in [2.45, 2.75) is 130 Å². The molecule has 0 saturated heterocycles. The van der Waals surface area contributed by atoms with Crippen molar-refractivity contribution in [2.75, 3.05) is 19.8 Å². The lowest BCUT2D eigenvalue weighted by Crippen LogP contribution is -2.17. The van der Waals surface area contributed by atoms with E-state index in [0.717, 1.165) is 29.4 Å². The Labute approximate surface area is 350 Å². The fourth-order valence-electron chi connectivity index (χ4n) is 7.36. The van der Waals surface area contributed by atoms with Crippen molar-refractivity contribution in [1.82, 2.24) is 0 Å². The van der Waals surface area contributed by atoms with Gasteiger partial charge in [0.25, 0.3) is 0 Å². The van der Waals surface area contributed by atoms with E-state index in [1.807, 2.05) is 48.5 Å². The summed E-state index contributed by atoms with van der Waals surface area (Å²) in [6, 6.07) is 15.9. The Hall–Kier alpha value is -3.62. The minimum Gasteiger partial charge on any atom is -0.507 e. The fraction of sp³-hybridized carbons (Fsp3) is 0.489. The standard InChI is InChI=1S/C47H64O10P2/c1-44(2,3)36-18-28-14-32-22-38(46(7,8)9)23-33(42(32)56-26-58(50,51)52)15-29-19-37(45(4,5)6)21-31(41(29)49)17-35-25-39(47(10,11)12)24-34(16-30(20-36)40(28)48)43(35)57-27-59(53,54)55-13/h18-25,48-49H,14-17,26-27H2,1-13H3,(H,53,54)(H2,50,51,52). The first-order valence-electron chi connectivity index (χ1n) is 20.1. The summed E-state index contributed by atoms with van der Waals surface area (Å²) in [5, 5.41) is 24.6. The first-order chi connectivity index (χ1) is 26.9. The molecule has 12 heteroatoms. The molecule has 59 heavy (non-hydrogen) atoms. The minimum absolute atomic E-state index is 0.0461. The third kappa shape index (κ3) is 11.2. The van der Waals surface area contributed by atoms with E-state index in [2.05, 4.69) is 83.1 Å². The Morgan fingerprint density at radius 1 is 0.458 bits per heavy atom. The van der Waals surface area contributed by atoms with Crippen LogP contribution in [-0.4, -0.2) is 44.7 Å². The number of phenolic OH excluding ortho intramolecular Hbond substituents is 2. The van der Waals surface area contributed by atoms with Crippen LogP contribution in [0.2, 0.25) is 0 Å². The van der Waals surface area contributed by atoms with Gasteiger partial charge >= 0.3 is 15.2 Å². The third-order valence-corrected chi connectivity index (χ3v) is 12.5. The van der Waals surface area contributed by atoms with Crippen molar-refractivity contribution in [3.05, 3.63) is 115 Å². The maximum Gasteiger partial charge on any atom is 0.364 e. The van der Waals surface area contributed by atoms with E-state index in [1.165, 1.54) is 0 Å². The van der Waals surface area contributed by atoms with Crippen molar-refractivity contribution in [1.29, 1.82) is 0 Å². The molecule has 1 aliphatic rings. The second-order valence-electron chi connectivity index (χ2n) is 20.3. The van der Waals surface area contributed by atoms with Crippen molar-refractivity contribution in [3.8, 4) is 23.0 Å². The Kier molecular flexibility index (Phi) is 12.9. The summed E-state index contributed by atoms with van der Waals surface area (Å²) in [7, 11) is -7.60. The van der Waals surface area contributed by atoms with Gasteiger partial charge in [-0.05, 0) is 88.4 Å². The van der Waals surface area contributed by atoms with E-state index >= 15 is 0 Å². The molecule has 0 spiro atoms. The molecule has 10 nitrogen and oxygen atoms in total. The van der Waals surface area contributed by atoms with Crippen LogP contribution < -0.4 is 9.47 Å². The first-order valence-corrected chi connectivity index (χ1v) is 23.6. The van der Waals surface area contributed by atoms with Crippen LogP contribution in [0.4, 0.5) is 0 Å². The molecule has 0 heterocycles. The van der Waals surface area contributed by atoms with E-state index in [1.54, 1.807) is 0 Å². The average Bonchev–Trinajstić information content (AvgIpc) is 3.07. The van der Waals surface area contributed by atoms with Gasteiger partial charge < -0.3 is 38.9 Å². The van der Waals surface area contributed by atoms with E-state index < -0.39 is 27.9 Å². The van der Waals surface area contributed by atoms with Crippen molar-refractivity contribution in [2.24, 2.45) is 0 Å². The van der Waals surface area contributed by atoms with Gasteiger partial charge in [-0.15, -0.1) is 0 Å². The number of aromatic hydroxyl groups is 2. The predicted octanol–water partition coefficient (Wildman–Crippen LogP) is 10.6. The van der Waals surface area contributed by atoms with Gasteiger partial charge in [-0.25, -0.2) is 0 Å². The van der Waals surface area contributed by atoms with E-state index in [9.17, 15) is 34.0 Å². The topological polar surface area (TPSA) is 163 Å². The summed E-state index contributed by atoms with van der Waals surface area (Å²) >= 11 is 0. The quantitative estimate of drug-likeness (QED) is 0.0996. The van der Waals surface area contributed by atoms with Crippen molar-refractivity contribution >= 4 is 15.2 Å². The van der Waals surface area contributed by atoms with Gasteiger partial charge in [0, 0.05) is 32.8 Å². The fourth-order valence-corrected chi connectivity index (χ4v) is 8.06. The zero-order chi connectivity index (χ0) is 44.3. The highest BCUT2D eigenvalue weighted by atomic mass is 31.2. The lowest BCUT2D eigenvalue weighted by Gasteiger charge is -2.28. The Bertz CT molecular complexity index is 2210. The molecule has 1 atom stereocenters. The van der Waals surface area contributed by atoms with Gasteiger partial charge in [-0.3, -0.25) is 9.13 Å². The monoisotopic (exact) mass is 850 g/mol. The highest BCUT2D eigenvalue weighted by Gasteiger charge is 2.30. The molecule has 0 saturated carbocycles. The molecule has 0 aromatic heterocycles. The molecule has 0 aliphatic heterocycles. The van der Waals surface area contributed by atoms with Crippen LogP contribution >= 0.6 is 15.2 Å². The molecule has 4 aromatic rings. The number of hydrogen-bond donors (Lipinski definition) is 5. The molecule has 0 radical (unpaired) electrons. The van der Waals surface area contributed by atoms with Gasteiger partial charge in [-0.2, -0.15) is 0 Å². The smallest absolute Gasteiger partial charge is 0.364 e. The van der Waals surface area contributed by atoms with Crippen LogP contribution in [0.1, 0.15) is 150 Å². The second kappa shape index (κ2) is 16.3. The molecule has 8 bridgehead atoms. The van der Waals surface area contributed by atoms with Crippen LogP contribution in [0.25, 0.3) is 0 Å². The molecule has 0 amide bonds.